The van der Waals surface area contributed by atoms with Crippen LogP contribution in [-0.4, -0.2) is 5.16 Å². The molecule has 2 rings (SSSR count). The molecule has 2 aromatic rings. The smallest absolute Gasteiger partial charge is 0.159 e. The number of halogens is 2. The summed E-state index contributed by atoms with van der Waals surface area (Å²) in [6.45, 7) is 6.15. The minimum absolute atomic E-state index is 0.0272. The molecule has 5 heteroatoms. The van der Waals surface area contributed by atoms with Crippen LogP contribution in [0.15, 0.2) is 22.7 Å². The van der Waals surface area contributed by atoms with Gasteiger partial charge in [0.25, 0.3) is 0 Å². The highest BCUT2D eigenvalue weighted by atomic mass is 19.2. The molecule has 0 saturated carbocycles. The highest BCUT2D eigenvalue weighted by Crippen LogP contribution is 2.21. The van der Waals surface area contributed by atoms with E-state index in [0.717, 1.165) is 23.1 Å². The van der Waals surface area contributed by atoms with E-state index in [1.54, 1.807) is 6.07 Å². The fraction of sp³-hybridized carbons (Fsp3) is 0.357. The van der Waals surface area contributed by atoms with E-state index in [0.29, 0.717) is 12.1 Å². The van der Waals surface area contributed by atoms with Crippen LogP contribution >= 0.6 is 0 Å². The summed E-state index contributed by atoms with van der Waals surface area (Å²) in [6, 6.07) is 3.92. The Balaban J connectivity index is 2.04. The van der Waals surface area contributed by atoms with Crippen molar-refractivity contribution < 1.29 is 13.3 Å². The van der Waals surface area contributed by atoms with Crippen LogP contribution in [0.4, 0.5) is 8.78 Å². The SMILES string of the molecule is Cc1noc(C)c1C(C)NCc1ccc(F)c(F)c1. The van der Waals surface area contributed by atoms with Gasteiger partial charge in [0.1, 0.15) is 5.76 Å². The van der Waals surface area contributed by atoms with Crippen LogP contribution < -0.4 is 5.32 Å². The summed E-state index contributed by atoms with van der Waals surface area (Å²) in [4.78, 5) is 0. The number of nitrogens with zero attached hydrogens (tertiary/aromatic N) is 1. The minimum atomic E-state index is -0.831. The maximum Gasteiger partial charge on any atom is 0.159 e. The molecule has 19 heavy (non-hydrogen) atoms. The molecule has 1 unspecified atom stereocenters. The van der Waals surface area contributed by atoms with Gasteiger partial charge in [-0.15, -0.1) is 0 Å². The molecule has 0 aliphatic carbocycles. The number of benzene rings is 1. The zero-order valence-corrected chi connectivity index (χ0v) is 11.1. The van der Waals surface area contributed by atoms with Gasteiger partial charge < -0.3 is 9.84 Å². The molecule has 1 aromatic heterocycles. The van der Waals surface area contributed by atoms with Crippen LogP contribution in [0.5, 0.6) is 0 Å². The molecule has 0 aliphatic rings. The molecular weight excluding hydrogens is 250 g/mol. The molecule has 1 aromatic carbocycles. The van der Waals surface area contributed by atoms with Crippen LogP contribution in [0.2, 0.25) is 0 Å². The number of hydrogen-bond acceptors (Lipinski definition) is 3. The average Bonchev–Trinajstić information content (AvgIpc) is 2.70. The van der Waals surface area contributed by atoms with Gasteiger partial charge in [-0.1, -0.05) is 11.2 Å². The molecule has 3 nitrogen and oxygen atoms in total. The predicted molar refractivity (Wildman–Crippen MR) is 67.6 cm³/mol. The zero-order valence-electron chi connectivity index (χ0n) is 11.1. The Bertz CT molecular complexity index is 561. The Morgan fingerprint density at radius 2 is 2.00 bits per heavy atom. The fourth-order valence-corrected chi connectivity index (χ4v) is 2.13. The van der Waals surface area contributed by atoms with Crippen LogP contribution in [0.25, 0.3) is 0 Å². The zero-order chi connectivity index (χ0) is 14.0. The molecule has 0 amide bonds. The van der Waals surface area contributed by atoms with Crippen molar-refractivity contribution in [2.24, 2.45) is 0 Å². The Morgan fingerprint density at radius 1 is 1.26 bits per heavy atom. The lowest BCUT2D eigenvalue weighted by Crippen LogP contribution is -2.19. The number of rotatable bonds is 4. The summed E-state index contributed by atoms with van der Waals surface area (Å²) >= 11 is 0. The van der Waals surface area contributed by atoms with Gasteiger partial charge in [0.2, 0.25) is 0 Å². The van der Waals surface area contributed by atoms with Crippen molar-refractivity contribution in [3.63, 3.8) is 0 Å². The molecule has 1 heterocycles. The minimum Gasteiger partial charge on any atom is -0.361 e. The lowest BCUT2D eigenvalue weighted by Gasteiger charge is -2.13. The van der Waals surface area contributed by atoms with Crippen molar-refractivity contribution in [1.29, 1.82) is 0 Å². The van der Waals surface area contributed by atoms with E-state index in [-0.39, 0.29) is 6.04 Å². The Hall–Kier alpha value is -1.75. The number of aryl methyl sites for hydroxylation is 2. The monoisotopic (exact) mass is 266 g/mol. The van der Waals surface area contributed by atoms with Crippen molar-refractivity contribution in [3.05, 3.63) is 52.4 Å². The van der Waals surface area contributed by atoms with Crippen LogP contribution in [0, 0.1) is 25.5 Å². The van der Waals surface area contributed by atoms with Crippen LogP contribution in [0.1, 0.15) is 35.5 Å². The summed E-state index contributed by atoms with van der Waals surface area (Å²) in [5.74, 6) is -0.894. The van der Waals surface area contributed by atoms with E-state index in [1.165, 1.54) is 6.07 Å². The third-order valence-corrected chi connectivity index (χ3v) is 3.12. The summed E-state index contributed by atoms with van der Waals surface area (Å²) in [5, 5.41) is 7.13. The van der Waals surface area contributed by atoms with Gasteiger partial charge in [0.15, 0.2) is 11.6 Å². The van der Waals surface area contributed by atoms with Crippen molar-refractivity contribution >= 4 is 0 Å². The first-order valence-electron chi connectivity index (χ1n) is 6.09. The van der Waals surface area contributed by atoms with Gasteiger partial charge in [0, 0.05) is 18.2 Å². The lowest BCUT2D eigenvalue weighted by molar-refractivity contribution is 0.390. The highest BCUT2D eigenvalue weighted by molar-refractivity contribution is 5.25. The molecular formula is C14H16F2N2O. The third-order valence-electron chi connectivity index (χ3n) is 3.12. The van der Waals surface area contributed by atoms with E-state index in [4.69, 9.17) is 4.52 Å². The molecule has 0 fully saturated rings. The maximum atomic E-state index is 13.1. The van der Waals surface area contributed by atoms with Gasteiger partial charge in [-0.05, 0) is 38.5 Å². The van der Waals surface area contributed by atoms with Gasteiger partial charge >= 0.3 is 0 Å². The van der Waals surface area contributed by atoms with Crippen molar-refractivity contribution in [2.75, 3.05) is 0 Å². The fourth-order valence-electron chi connectivity index (χ4n) is 2.13. The Kier molecular flexibility index (Phi) is 3.95. The molecule has 0 saturated heterocycles. The summed E-state index contributed by atoms with van der Waals surface area (Å²) in [7, 11) is 0. The molecule has 0 aliphatic heterocycles. The normalized spacial score (nSPS) is 12.7. The first kappa shape index (κ1) is 13.7. The van der Waals surface area contributed by atoms with E-state index < -0.39 is 11.6 Å². The summed E-state index contributed by atoms with van der Waals surface area (Å²) in [5.41, 5.74) is 2.53. The van der Waals surface area contributed by atoms with E-state index in [9.17, 15) is 8.78 Å². The topological polar surface area (TPSA) is 38.1 Å². The first-order valence-corrected chi connectivity index (χ1v) is 6.09. The quantitative estimate of drug-likeness (QED) is 0.921. The van der Waals surface area contributed by atoms with Gasteiger partial charge in [-0.3, -0.25) is 0 Å². The van der Waals surface area contributed by atoms with Gasteiger partial charge in [-0.2, -0.15) is 0 Å². The van der Waals surface area contributed by atoms with Crippen molar-refractivity contribution in [2.45, 2.75) is 33.4 Å². The largest absolute Gasteiger partial charge is 0.361 e. The third kappa shape index (κ3) is 2.98. The molecule has 0 bridgehead atoms. The summed E-state index contributed by atoms with van der Waals surface area (Å²) in [6.07, 6.45) is 0. The molecule has 0 spiro atoms. The highest BCUT2D eigenvalue weighted by Gasteiger charge is 2.15. The second kappa shape index (κ2) is 5.48. The Morgan fingerprint density at radius 3 is 2.58 bits per heavy atom. The second-order valence-electron chi connectivity index (χ2n) is 4.59. The standard InChI is InChI=1S/C14H16F2N2O/c1-8(14-9(2)18-19-10(14)3)17-7-11-4-5-12(15)13(16)6-11/h4-6,8,17H,7H2,1-3H3. The molecule has 102 valence electrons. The van der Waals surface area contributed by atoms with E-state index in [1.807, 2.05) is 20.8 Å². The molecule has 1 N–H and O–H groups in total. The Labute approximate surface area is 110 Å². The second-order valence-corrected chi connectivity index (χ2v) is 4.59. The number of aromatic nitrogens is 1. The maximum absolute atomic E-state index is 13.1. The molecule has 1 atom stereocenters. The van der Waals surface area contributed by atoms with Crippen LogP contribution in [-0.2, 0) is 6.54 Å². The number of hydrogen-bond donors (Lipinski definition) is 1. The predicted octanol–water partition coefficient (Wildman–Crippen LogP) is 3.42. The van der Waals surface area contributed by atoms with Crippen molar-refractivity contribution in [1.82, 2.24) is 10.5 Å². The first-order chi connectivity index (χ1) is 8.99. The van der Waals surface area contributed by atoms with Crippen molar-refractivity contribution in [3.8, 4) is 0 Å². The summed E-state index contributed by atoms with van der Waals surface area (Å²) < 4.78 is 31.0. The van der Waals surface area contributed by atoms with Gasteiger partial charge in [0.05, 0.1) is 5.69 Å². The van der Waals surface area contributed by atoms with E-state index >= 15 is 0 Å². The molecule has 0 radical (unpaired) electrons. The van der Waals surface area contributed by atoms with Gasteiger partial charge in [-0.25, -0.2) is 8.78 Å². The van der Waals surface area contributed by atoms with Crippen LogP contribution in [0.3, 0.4) is 0 Å². The average molecular weight is 266 g/mol. The van der Waals surface area contributed by atoms with E-state index in [2.05, 4.69) is 10.5 Å². The number of nitrogens with one attached hydrogen (secondary N) is 1. The lowest BCUT2D eigenvalue weighted by atomic mass is 10.1.